The van der Waals surface area contributed by atoms with Crippen LogP contribution >= 0.6 is 0 Å². The van der Waals surface area contributed by atoms with Gasteiger partial charge in [-0.1, -0.05) is 12.5 Å². The van der Waals surface area contributed by atoms with Crippen LogP contribution < -0.4 is 10.7 Å². The maximum absolute atomic E-state index is 11.9. The number of rotatable bonds is 2. The lowest BCUT2D eigenvalue weighted by molar-refractivity contribution is -0.119. The zero-order valence-electron chi connectivity index (χ0n) is 13.0. The quantitative estimate of drug-likeness (QED) is 0.650. The number of carbonyl (C=O) groups is 2. The summed E-state index contributed by atoms with van der Waals surface area (Å²) in [5, 5.41) is 7.17. The Morgan fingerprint density at radius 3 is 2.73 bits per heavy atom. The minimum absolute atomic E-state index is 0.00455. The second kappa shape index (κ2) is 5.55. The minimum Gasteiger partial charge on any atom is -0.325 e. The van der Waals surface area contributed by atoms with Crippen molar-refractivity contribution in [3.05, 3.63) is 23.8 Å². The molecule has 0 radical (unpaired) electrons. The number of benzene rings is 1. The van der Waals surface area contributed by atoms with Crippen molar-refractivity contribution < 1.29 is 9.59 Å². The van der Waals surface area contributed by atoms with Gasteiger partial charge in [0, 0.05) is 12.1 Å². The van der Waals surface area contributed by atoms with Gasteiger partial charge in [-0.05, 0) is 50.8 Å². The molecule has 5 heteroatoms. The second-order valence-corrected chi connectivity index (χ2v) is 6.49. The summed E-state index contributed by atoms with van der Waals surface area (Å²) in [6, 6.07) is 5.70. The minimum atomic E-state index is -0.503. The maximum atomic E-state index is 11.9. The number of fused-ring (bicyclic) bond motifs is 1. The molecular formula is C17H21N3O2. The Balaban J connectivity index is 1.79. The zero-order valence-corrected chi connectivity index (χ0v) is 13.0. The molecule has 0 atom stereocenters. The summed E-state index contributed by atoms with van der Waals surface area (Å²) in [7, 11) is 0. The largest absolute Gasteiger partial charge is 0.325 e. The molecule has 2 N–H and O–H groups in total. The summed E-state index contributed by atoms with van der Waals surface area (Å²) in [4.78, 5) is 23.9. The lowest BCUT2D eigenvalue weighted by atomic mass is 9.86. The number of hydrazone groups is 1. The van der Waals surface area contributed by atoms with Gasteiger partial charge in [0.05, 0.1) is 11.1 Å². The van der Waals surface area contributed by atoms with E-state index in [1.807, 2.05) is 32.0 Å². The number of nitrogens with one attached hydrogen (secondary N) is 2. The predicted molar refractivity (Wildman–Crippen MR) is 87.2 cm³/mol. The smallest absolute Gasteiger partial charge is 0.234 e. The van der Waals surface area contributed by atoms with Gasteiger partial charge in [0.1, 0.15) is 5.71 Å². The van der Waals surface area contributed by atoms with E-state index in [2.05, 4.69) is 15.8 Å². The first kappa shape index (κ1) is 14.8. The van der Waals surface area contributed by atoms with E-state index in [0.29, 0.717) is 12.1 Å². The van der Waals surface area contributed by atoms with Crippen molar-refractivity contribution in [3.8, 4) is 0 Å². The molecule has 0 aromatic heterocycles. The average molecular weight is 299 g/mol. The van der Waals surface area contributed by atoms with Gasteiger partial charge in [0.25, 0.3) is 0 Å². The molecule has 0 unspecified atom stereocenters. The molecular weight excluding hydrogens is 278 g/mol. The van der Waals surface area contributed by atoms with Gasteiger partial charge < -0.3 is 5.32 Å². The third-order valence-electron chi connectivity index (χ3n) is 4.47. The normalized spacial score (nSPS) is 22.2. The molecule has 1 aliphatic heterocycles. The molecule has 5 nitrogen and oxygen atoms in total. The highest BCUT2D eigenvalue weighted by molar-refractivity contribution is 6.40. The van der Waals surface area contributed by atoms with Crippen LogP contribution in [0.5, 0.6) is 0 Å². The average Bonchev–Trinajstić information content (AvgIpc) is 2.63. The van der Waals surface area contributed by atoms with Gasteiger partial charge in [0.2, 0.25) is 5.91 Å². The second-order valence-electron chi connectivity index (χ2n) is 6.49. The number of ketones is 1. The van der Waals surface area contributed by atoms with Crippen LogP contribution in [-0.4, -0.2) is 17.4 Å². The van der Waals surface area contributed by atoms with Crippen molar-refractivity contribution in [3.63, 3.8) is 0 Å². The molecule has 0 spiro atoms. The van der Waals surface area contributed by atoms with Crippen LogP contribution in [0.1, 0.15) is 51.5 Å². The number of hydrogen-bond acceptors (Lipinski definition) is 4. The van der Waals surface area contributed by atoms with E-state index in [-0.39, 0.29) is 11.7 Å². The van der Waals surface area contributed by atoms with Crippen molar-refractivity contribution in [2.45, 2.75) is 51.4 Å². The summed E-state index contributed by atoms with van der Waals surface area (Å²) in [6.07, 6.45) is 4.39. The van der Waals surface area contributed by atoms with Crippen molar-refractivity contribution in [2.24, 2.45) is 5.10 Å². The fourth-order valence-electron chi connectivity index (χ4n) is 2.95. The van der Waals surface area contributed by atoms with Crippen LogP contribution in [0.25, 0.3) is 0 Å². The molecule has 1 aromatic carbocycles. The van der Waals surface area contributed by atoms with Crippen LogP contribution in [0.2, 0.25) is 0 Å². The van der Waals surface area contributed by atoms with Gasteiger partial charge in [-0.25, -0.2) is 0 Å². The first-order chi connectivity index (χ1) is 10.5. The standard InChI is InChI=1S/C17H21N3O2/c1-17(2)12-9-8-11(10-14(12)18-16(17)22)19-20-13-6-4-3-5-7-15(13)21/h8-10,19H,3-7H2,1-2H3,(H,18,22)/b20-13+. The van der Waals surface area contributed by atoms with Crippen molar-refractivity contribution >= 4 is 28.8 Å². The Kier molecular flexibility index (Phi) is 3.72. The molecule has 1 heterocycles. The SMILES string of the molecule is CC1(C)C(=O)Nc2cc(N/N=C3\CCCCCC3=O)ccc21. The van der Waals surface area contributed by atoms with Gasteiger partial charge in [0.15, 0.2) is 5.78 Å². The van der Waals surface area contributed by atoms with E-state index < -0.39 is 5.41 Å². The van der Waals surface area contributed by atoms with Crippen molar-refractivity contribution in [1.82, 2.24) is 0 Å². The van der Waals surface area contributed by atoms with E-state index in [1.54, 1.807) is 0 Å². The van der Waals surface area contributed by atoms with E-state index in [4.69, 9.17) is 0 Å². The fraction of sp³-hybridized carbons (Fsp3) is 0.471. The molecule has 1 amide bonds. The molecule has 116 valence electrons. The Hall–Kier alpha value is -2.17. The monoisotopic (exact) mass is 299 g/mol. The molecule has 0 saturated heterocycles. The van der Waals surface area contributed by atoms with E-state index in [0.717, 1.165) is 42.6 Å². The van der Waals surface area contributed by atoms with Gasteiger partial charge in [-0.2, -0.15) is 5.10 Å². The first-order valence-corrected chi connectivity index (χ1v) is 7.80. The number of anilines is 2. The number of hydrogen-bond donors (Lipinski definition) is 2. The Bertz CT molecular complexity index is 662. The van der Waals surface area contributed by atoms with E-state index in [1.165, 1.54) is 0 Å². The number of amides is 1. The number of Topliss-reactive ketones (excluding diaryl/α,β-unsaturated/α-hetero) is 1. The highest BCUT2D eigenvalue weighted by Crippen LogP contribution is 2.38. The molecule has 2 aliphatic rings. The lowest BCUT2D eigenvalue weighted by Gasteiger charge is -2.14. The van der Waals surface area contributed by atoms with Gasteiger partial charge in [-0.15, -0.1) is 0 Å². The number of nitrogens with zero attached hydrogens (tertiary/aromatic N) is 1. The van der Waals surface area contributed by atoms with Crippen molar-refractivity contribution in [1.29, 1.82) is 0 Å². The zero-order chi connectivity index (χ0) is 15.7. The van der Waals surface area contributed by atoms with Gasteiger partial charge in [-0.3, -0.25) is 15.0 Å². The van der Waals surface area contributed by atoms with Crippen LogP contribution in [0, 0.1) is 0 Å². The van der Waals surface area contributed by atoms with Crippen molar-refractivity contribution in [2.75, 3.05) is 10.7 Å². The van der Waals surface area contributed by atoms with Gasteiger partial charge >= 0.3 is 0 Å². The molecule has 0 bridgehead atoms. The Morgan fingerprint density at radius 1 is 1.14 bits per heavy atom. The third-order valence-corrected chi connectivity index (χ3v) is 4.47. The highest BCUT2D eigenvalue weighted by Gasteiger charge is 2.38. The third kappa shape index (κ3) is 2.63. The number of carbonyl (C=O) groups excluding carboxylic acids is 2. The maximum Gasteiger partial charge on any atom is 0.234 e. The summed E-state index contributed by atoms with van der Waals surface area (Å²) >= 11 is 0. The summed E-state index contributed by atoms with van der Waals surface area (Å²) in [5.74, 6) is 0.144. The van der Waals surface area contributed by atoms with Crippen LogP contribution in [0.15, 0.2) is 23.3 Å². The summed E-state index contributed by atoms with van der Waals surface area (Å²) in [6.45, 7) is 3.82. The summed E-state index contributed by atoms with van der Waals surface area (Å²) in [5.41, 5.74) is 5.66. The molecule has 22 heavy (non-hydrogen) atoms. The van der Waals surface area contributed by atoms with Crippen LogP contribution in [0.3, 0.4) is 0 Å². The van der Waals surface area contributed by atoms with Crippen LogP contribution in [0.4, 0.5) is 11.4 Å². The van der Waals surface area contributed by atoms with E-state index in [9.17, 15) is 9.59 Å². The topological polar surface area (TPSA) is 70.6 Å². The lowest BCUT2D eigenvalue weighted by Crippen LogP contribution is -2.26. The fourth-order valence-corrected chi connectivity index (χ4v) is 2.95. The predicted octanol–water partition coefficient (Wildman–Crippen LogP) is 3.22. The molecule has 1 aliphatic carbocycles. The summed E-state index contributed by atoms with van der Waals surface area (Å²) < 4.78 is 0. The molecule has 1 fully saturated rings. The van der Waals surface area contributed by atoms with Crippen LogP contribution in [-0.2, 0) is 15.0 Å². The van der Waals surface area contributed by atoms with E-state index >= 15 is 0 Å². The molecule has 1 aromatic rings. The Labute approximate surface area is 130 Å². The highest BCUT2D eigenvalue weighted by atomic mass is 16.2. The Morgan fingerprint density at radius 2 is 1.91 bits per heavy atom. The molecule has 1 saturated carbocycles. The first-order valence-electron chi connectivity index (χ1n) is 7.80. The molecule has 3 rings (SSSR count).